The highest BCUT2D eigenvalue weighted by Gasteiger charge is 2.33. The van der Waals surface area contributed by atoms with E-state index in [2.05, 4.69) is 9.97 Å². The first-order valence-corrected chi connectivity index (χ1v) is 12.4. The Morgan fingerprint density at radius 1 is 1.08 bits per heavy atom. The summed E-state index contributed by atoms with van der Waals surface area (Å²) < 4.78 is 50.8. The number of carbonyl (C=O) groups excluding carboxylic acids is 1. The largest absolute Gasteiger partial charge is 0.481 e. The van der Waals surface area contributed by atoms with E-state index in [0.29, 0.717) is 47.9 Å². The van der Waals surface area contributed by atoms with Crippen LogP contribution in [0.25, 0.3) is 10.9 Å². The zero-order chi connectivity index (χ0) is 25.7. The summed E-state index contributed by atoms with van der Waals surface area (Å²) in [6.07, 6.45) is 2.67. The average molecular weight is 501 g/mol. The van der Waals surface area contributed by atoms with Gasteiger partial charge in [-0.1, -0.05) is 0 Å². The van der Waals surface area contributed by atoms with Crippen LogP contribution in [0.4, 0.5) is 13.2 Å². The van der Waals surface area contributed by atoms with Crippen molar-refractivity contribution in [3.8, 4) is 5.88 Å². The van der Waals surface area contributed by atoms with Crippen molar-refractivity contribution >= 4 is 16.7 Å². The molecule has 0 saturated heterocycles. The fourth-order valence-electron chi connectivity index (χ4n) is 5.25. The van der Waals surface area contributed by atoms with Crippen LogP contribution < -0.4 is 4.74 Å². The van der Waals surface area contributed by atoms with Crippen LogP contribution in [-0.4, -0.2) is 36.1 Å². The molecule has 0 radical (unpaired) electrons. The van der Waals surface area contributed by atoms with Gasteiger partial charge in [-0.15, -0.1) is 0 Å². The van der Waals surface area contributed by atoms with E-state index < -0.39 is 11.7 Å². The number of ether oxygens (including phenoxy) is 2. The van der Waals surface area contributed by atoms with Gasteiger partial charge in [0.25, 0.3) is 0 Å². The van der Waals surface area contributed by atoms with E-state index in [4.69, 9.17) is 9.47 Å². The fourth-order valence-corrected chi connectivity index (χ4v) is 5.25. The maximum atomic E-state index is 13.3. The third-order valence-electron chi connectivity index (χ3n) is 7.23. The molecule has 0 bridgehead atoms. The van der Waals surface area contributed by atoms with Crippen LogP contribution in [0.15, 0.2) is 48.8 Å². The van der Waals surface area contributed by atoms with Crippen molar-refractivity contribution in [1.82, 2.24) is 9.97 Å². The standard InChI is InChI=1S/C28H31F3N2O3/c1-3-36-17-21(14-26(34)20-8-11-27(35-2)33-16-20)18-4-6-19(7-5-18)23-12-13-32-25-10-9-22(15-24(23)25)28(29,30)31/h8-13,15-16,18-19,21H,3-7,14,17H2,1-2H3/t18?,19?,21-/m1/s1. The molecule has 1 aromatic carbocycles. The van der Waals surface area contributed by atoms with Gasteiger partial charge < -0.3 is 9.47 Å². The van der Waals surface area contributed by atoms with Crippen molar-refractivity contribution in [3.05, 3.63) is 65.5 Å². The summed E-state index contributed by atoms with van der Waals surface area (Å²) in [7, 11) is 1.53. The maximum absolute atomic E-state index is 13.3. The number of pyridine rings is 2. The lowest BCUT2D eigenvalue weighted by Crippen LogP contribution is -2.27. The zero-order valence-electron chi connectivity index (χ0n) is 20.6. The molecule has 1 aliphatic carbocycles. The molecule has 1 aliphatic rings. The van der Waals surface area contributed by atoms with Crippen molar-refractivity contribution in [2.75, 3.05) is 20.3 Å². The summed E-state index contributed by atoms with van der Waals surface area (Å²) in [6.45, 7) is 3.02. The Kier molecular flexibility index (Phi) is 8.24. The summed E-state index contributed by atoms with van der Waals surface area (Å²) in [6, 6.07) is 9.02. The number of alkyl halides is 3. The van der Waals surface area contributed by atoms with Gasteiger partial charge >= 0.3 is 6.18 Å². The monoisotopic (exact) mass is 500 g/mol. The molecule has 5 nitrogen and oxygen atoms in total. The van der Waals surface area contributed by atoms with Crippen LogP contribution in [0.2, 0.25) is 0 Å². The number of aromatic nitrogens is 2. The quantitative estimate of drug-likeness (QED) is 0.301. The lowest BCUT2D eigenvalue weighted by atomic mass is 9.72. The number of methoxy groups -OCH3 is 1. The Morgan fingerprint density at radius 2 is 1.86 bits per heavy atom. The second kappa shape index (κ2) is 11.4. The number of carbonyl (C=O) groups is 1. The van der Waals surface area contributed by atoms with Gasteiger partial charge in [-0.3, -0.25) is 9.78 Å². The number of hydrogen-bond acceptors (Lipinski definition) is 5. The van der Waals surface area contributed by atoms with Crippen molar-refractivity contribution in [3.63, 3.8) is 0 Å². The first-order valence-electron chi connectivity index (χ1n) is 12.4. The Labute approximate surface area is 209 Å². The molecule has 0 N–H and O–H groups in total. The molecule has 3 aromatic rings. The van der Waals surface area contributed by atoms with Gasteiger partial charge in [0.1, 0.15) is 0 Å². The first kappa shape index (κ1) is 26.1. The second-order valence-electron chi connectivity index (χ2n) is 9.38. The molecule has 8 heteroatoms. The topological polar surface area (TPSA) is 61.3 Å². The Morgan fingerprint density at radius 3 is 2.50 bits per heavy atom. The van der Waals surface area contributed by atoms with Crippen molar-refractivity contribution in [1.29, 1.82) is 0 Å². The zero-order valence-corrected chi connectivity index (χ0v) is 20.6. The molecule has 1 fully saturated rings. The molecule has 36 heavy (non-hydrogen) atoms. The highest BCUT2D eigenvalue weighted by molar-refractivity contribution is 5.96. The van der Waals surface area contributed by atoms with Gasteiger partial charge in [0, 0.05) is 42.4 Å². The highest BCUT2D eigenvalue weighted by Crippen LogP contribution is 2.42. The summed E-state index contributed by atoms with van der Waals surface area (Å²) in [5, 5.41) is 0.573. The van der Waals surface area contributed by atoms with E-state index in [1.807, 2.05) is 13.0 Å². The molecule has 1 saturated carbocycles. The molecule has 1 atom stereocenters. The minimum Gasteiger partial charge on any atom is -0.481 e. The van der Waals surface area contributed by atoms with Gasteiger partial charge in [0.05, 0.1) is 24.8 Å². The fraction of sp³-hybridized carbons (Fsp3) is 0.464. The molecule has 2 heterocycles. The molecule has 0 aliphatic heterocycles. The van der Waals surface area contributed by atoms with Crippen LogP contribution >= 0.6 is 0 Å². The van der Waals surface area contributed by atoms with E-state index in [0.717, 1.165) is 37.3 Å². The molecule has 0 unspecified atom stereocenters. The summed E-state index contributed by atoms with van der Waals surface area (Å²) >= 11 is 0. The number of fused-ring (bicyclic) bond motifs is 1. The second-order valence-corrected chi connectivity index (χ2v) is 9.38. The average Bonchev–Trinajstić information content (AvgIpc) is 2.90. The predicted octanol–water partition coefficient (Wildman–Crippen LogP) is 6.86. The number of ketones is 1. The lowest BCUT2D eigenvalue weighted by Gasteiger charge is -2.34. The number of rotatable bonds is 9. The van der Waals surface area contributed by atoms with Gasteiger partial charge in [-0.25, -0.2) is 4.98 Å². The van der Waals surface area contributed by atoms with E-state index in [-0.39, 0.29) is 17.6 Å². The summed E-state index contributed by atoms with van der Waals surface area (Å²) in [5.41, 5.74) is 1.40. The minimum absolute atomic E-state index is 0.0248. The number of benzene rings is 1. The first-order chi connectivity index (χ1) is 17.3. The molecule has 2 aromatic heterocycles. The summed E-state index contributed by atoms with van der Waals surface area (Å²) in [4.78, 5) is 21.4. The predicted molar refractivity (Wildman–Crippen MR) is 131 cm³/mol. The molecule has 192 valence electrons. The van der Waals surface area contributed by atoms with Crippen LogP contribution in [0, 0.1) is 11.8 Å². The van der Waals surface area contributed by atoms with Crippen molar-refractivity contribution in [2.24, 2.45) is 11.8 Å². The highest BCUT2D eigenvalue weighted by atomic mass is 19.4. The van der Waals surface area contributed by atoms with Crippen LogP contribution in [0.5, 0.6) is 5.88 Å². The molecular weight excluding hydrogens is 469 g/mol. The molecule has 0 spiro atoms. The maximum Gasteiger partial charge on any atom is 0.416 e. The normalized spacial score (nSPS) is 19.2. The number of Topliss-reactive ketones (excluding diaryl/α,β-unsaturated/α-hetero) is 1. The van der Waals surface area contributed by atoms with Gasteiger partial charge in [-0.2, -0.15) is 13.2 Å². The molecule has 0 amide bonds. The summed E-state index contributed by atoms with van der Waals surface area (Å²) in [5.74, 6) is 1.02. The van der Waals surface area contributed by atoms with E-state index in [1.54, 1.807) is 24.5 Å². The van der Waals surface area contributed by atoms with Crippen LogP contribution in [0.1, 0.15) is 66.4 Å². The molecule has 4 rings (SSSR count). The SMILES string of the molecule is CCOC[C@@H](CC(=O)c1ccc(OC)nc1)C1CCC(c2ccnc3ccc(C(F)(F)F)cc23)CC1. The minimum atomic E-state index is -4.39. The van der Waals surface area contributed by atoms with Gasteiger partial charge in [0.2, 0.25) is 5.88 Å². The Balaban J connectivity index is 1.47. The van der Waals surface area contributed by atoms with Gasteiger partial charge in [0.15, 0.2) is 5.78 Å². The van der Waals surface area contributed by atoms with Crippen molar-refractivity contribution in [2.45, 2.75) is 51.1 Å². The smallest absolute Gasteiger partial charge is 0.416 e. The van der Waals surface area contributed by atoms with Crippen LogP contribution in [-0.2, 0) is 10.9 Å². The third kappa shape index (κ3) is 6.03. The van der Waals surface area contributed by atoms with Crippen molar-refractivity contribution < 1.29 is 27.4 Å². The van der Waals surface area contributed by atoms with Crippen LogP contribution in [0.3, 0.4) is 0 Å². The van der Waals surface area contributed by atoms with E-state index >= 15 is 0 Å². The lowest BCUT2D eigenvalue weighted by molar-refractivity contribution is -0.137. The number of halogens is 3. The number of nitrogens with zero attached hydrogens (tertiary/aromatic N) is 2. The Hall–Kier alpha value is -3.00. The molecular formula is C28H31F3N2O3. The Bertz CT molecular complexity index is 1170. The van der Waals surface area contributed by atoms with E-state index in [1.165, 1.54) is 19.2 Å². The van der Waals surface area contributed by atoms with Gasteiger partial charge in [-0.05, 0) is 86.3 Å². The number of hydrogen-bond donors (Lipinski definition) is 0. The van der Waals surface area contributed by atoms with E-state index in [9.17, 15) is 18.0 Å². The third-order valence-corrected chi connectivity index (χ3v) is 7.23.